The third kappa shape index (κ3) is 3.88. The van der Waals surface area contributed by atoms with Crippen LogP contribution in [-0.2, 0) is 10.5 Å². The van der Waals surface area contributed by atoms with E-state index >= 15 is 0 Å². The van der Waals surface area contributed by atoms with E-state index in [1.807, 2.05) is 0 Å². The highest BCUT2D eigenvalue weighted by molar-refractivity contribution is 5.69. The number of rotatable bonds is 8. The van der Waals surface area contributed by atoms with E-state index in [0.717, 1.165) is 0 Å². The number of hydrogen-bond acceptors (Lipinski definition) is 10. The maximum absolute atomic E-state index is 11.2. The molecule has 0 saturated heterocycles. The minimum Gasteiger partial charge on any atom is -0.504 e. The number of aliphatic hydroxyl groups is 1. The topological polar surface area (TPSA) is 149 Å². The Kier molecular flexibility index (Phi) is 6.93. The van der Waals surface area contributed by atoms with Gasteiger partial charge in [0.2, 0.25) is 23.0 Å². The highest BCUT2D eigenvalue weighted by Crippen LogP contribution is 2.55. The molecule has 0 aliphatic heterocycles. The first-order chi connectivity index (χ1) is 12.0. The maximum atomic E-state index is 11.2. The van der Waals surface area contributed by atoms with Gasteiger partial charge in [0.05, 0.1) is 12.3 Å². The Hall–Kier alpha value is -2.40. The first-order valence-electron chi connectivity index (χ1n) is 7.81. The zero-order chi connectivity index (χ0) is 20.2. The second-order valence-electron chi connectivity index (χ2n) is 5.87. The Labute approximate surface area is 151 Å². The van der Waals surface area contributed by atoms with Crippen LogP contribution in [0.15, 0.2) is 11.8 Å². The van der Waals surface area contributed by atoms with Gasteiger partial charge in [0.15, 0.2) is 11.5 Å². The Morgan fingerprint density at radius 3 is 1.85 bits per heavy atom. The predicted molar refractivity (Wildman–Crippen MR) is 93.7 cm³/mol. The summed E-state index contributed by atoms with van der Waals surface area (Å²) in [5, 5.41) is 62.3. The van der Waals surface area contributed by atoms with Crippen LogP contribution in [0.5, 0.6) is 28.7 Å². The highest BCUT2D eigenvalue weighted by atomic mass is 16.6. The predicted octanol–water partition coefficient (Wildman–Crippen LogP) is -0.0921. The number of phenolic OH excluding ortho intramolecular Hbond substituents is 5. The lowest BCUT2D eigenvalue weighted by Gasteiger charge is -2.37. The largest absolute Gasteiger partial charge is 0.504 e. The van der Waals surface area contributed by atoms with Gasteiger partial charge in [-0.15, -0.1) is 0 Å². The van der Waals surface area contributed by atoms with Crippen molar-refractivity contribution in [2.24, 2.45) is 0 Å². The molecule has 10 nitrogen and oxygen atoms in total. The van der Waals surface area contributed by atoms with Gasteiger partial charge in [0.25, 0.3) is 0 Å². The number of allylic oxidation sites excluding steroid dienone is 1. The van der Waals surface area contributed by atoms with Crippen LogP contribution in [0.25, 0.3) is 0 Å². The van der Waals surface area contributed by atoms with Gasteiger partial charge in [-0.25, -0.2) is 5.43 Å². The SMILES string of the molecule is CC=C(N(C)NC)C(O)(OCCN(C)C)c1c(O)c(O)c(O)c(O)c1O. The van der Waals surface area contributed by atoms with Crippen LogP contribution in [0.3, 0.4) is 0 Å². The summed E-state index contributed by atoms with van der Waals surface area (Å²) in [6, 6.07) is 0. The third-order valence-electron chi connectivity index (χ3n) is 3.88. The number of ether oxygens (including phenoxy) is 1. The molecule has 1 rings (SSSR count). The maximum Gasteiger partial charge on any atom is 0.243 e. The van der Waals surface area contributed by atoms with E-state index in [2.05, 4.69) is 5.43 Å². The van der Waals surface area contributed by atoms with E-state index in [1.165, 1.54) is 11.1 Å². The molecule has 0 radical (unpaired) electrons. The number of nitrogens with one attached hydrogen (secondary N) is 1. The van der Waals surface area contributed by atoms with E-state index in [1.54, 1.807) is 40.0 Å². The minimum absolute atomic E-state index is 0.0281. The summed E-state index contributed by atoms with van der Waals surface area (Å²) in [6.07, 6.45) is 1.45. The number of aromatic hydroxyl groups is 5. The molecule has 10 heteroatoms. The molecule has 7 N–H and O–H groups in total. The molecule has 26 heavy (non-hydrogen) atoms. The van der Waals surface area contributed by atoms with E-state index in [-0.39, 0.29) is 12.3 Å². The van der Waals surface area contributed by atoms with Crippen LogP contribution >= 0.6 is 0 Å². The lowest BCUT2D eigenvalue weighted by atomic mass is 9.97. The lowest BCUT2D eigenvalue weighted by molar-refractivity contribution is -0.200. The average Bonchev–Trinajstić information content (AvgIpc) is 2.58. The molecule has 1 unspecified atom stereocenters. The van der Waals surface area contributed by atoms with Crippen LogP contribution in [0.1, 0.15) is 12.5 Å². The minimum atomic E-state index is -2.46. The van der Waals surface area contributed by atoms with Gasteiger partial charge >= 0.3 is 0 Å². The molecule has 0 bridgehead atoms. The Morgan fingerprint density at radius 2 is 1.46 bits per heavy atom. The highest BCUT2D eigenvalue weighted by Gasteiger charge is 2.44. The van der Waals surface area contributed by atoms with E-state index in [9.17, 15) is 30.6 Å². The summed E-state index contributed by atoms with van der Waals surface area (Å²) in [5.41, 5.74) is 2.09. The standard InChI is InChI=1S/C16H27N3O7/c1-6-9(19(5)17-2)16(25,26-8-7-18(3)4)10-11(20)13(22)15(24)14(23)12(10)21/h6,17,20-25H,7-8H2,1-5H3. The van der Waals surface area contributed by atoms with Crippen molar-refractivity contribution in [1.29, 1.82) is 0 Å². The summed E-state index contributed by atoms with van der Waals surface area (Å²) in [7, 11) is 6.68. The summed E-state index contributed by atoms with van der Waals surface area (Å²) in [6.45, 7) is 1.94. The molecule has 0 aromatic heterocycles. The average molecular weight is 373 g/mol. The number of phenols is 5. The molecule has 0 aliphatic carbocycles. The lowest BCUT2D eigenvalue weighted by Crippen LogP contribution is -2.44. The monoisotopic (exact) mass is 373 g/mol. The molecule has 1 atom stereocenters. The van der Waals surface area contributed by atoms with Gasteiger partial charge in [0, 0.05) is 20.6 Å². The second-order valence-corrected chi connectivity index (χ2v) is 5.87. The first kappa shape index (κ1) is 21.6. The molecule has 148 valence electrons. The van der Waals surface area contributed by atoms with Gasteiger partial charge < -0.3 is 45.3 Å². The van der Waals surface area contributed by atoms with Crippen molar-refractivity contribution in [3.63, 3.8) is 0 Å². The van der Waals surface area contributed by atoms with Crippen LogP contribution in [-0.4, -0.2) is 81.9 Å². The van der Waals surface area contributed by atoms with Crippen LogP contribution < -0.4 is 5.43 Å². The molecule has 0 aliphatic rings. The van der Waals surface area contributed by atoms with E-state index in [4.69, 9.17) is 4.74 Å². The molecule has 0 spiro atoms. The summed E-state index contributed by atoms with van der Waals surface area (Å²) < 4.78 is 5.55. The molecule has 1 aromatic rings. The van der Waals surface area contributed by atoms with Crippen LogP contribution in [0.2, 0.25) is 0 Å². The Bertz CT molecular complexity index is 649. The molecule has 1 aromatic carbocycles. The van der Waals surface area contributed by atoms with Crippen molar-refractivity contribution < 1.29 is 35.4 Å². The number of hydrogen-bond donors (Lipinski definition) is 7. The number of hydrazine groups is 1. The number of likely N-dealkylation sites (N-methyl/N-ethyl adjacent to an activating group) is 2. The third-order valence-corrected chi connectivity index (χ3v) is 3.88. The zero-order valence-corrected chi connectivity index (χ0v) is 15.5. The van der Waals surface area contributed by atoms with Gasteiger partial charge in [-0.1, -0.05) is 6.08 Å². The number of benzene rings is 1. The summed E-state index contributed by atoms with van der Waals surface area (Å²) in [5.74, 6) is -7.86. The van der Waals surface area contributed by atoms with Gasteiger partial charge in [-0.05, 0) is 21.0 Å². The quantitative estimate of drug-likeness (QED) is 0.143. The second kappa shape index (κ2) is 8.32. The fourth-order valence-corrected chi connectivity index (χ4v) is 2.39. The van der Waals surface area contributed by atoms with Crippen molar-refractivity contribution in [2.45, 2.75) is 12.7 Å². The summed E-state index contributed by atoms with van der Waals surface area (Å²) >= 11 is 0. The summed E-state index contributed by atoms with van der Waals surface area (Å²) in [4.78, 5) is 1.78. The van der Waals surface area contributed by atoms with Crippen molar-refractivity contribution >= 4 is 0 Å². The molecule has 0 fully saturated rings. The molecule has 0 amide bonds. The van der Waals surface area contributed by atoms with Crippen molar-refractivity contribution in [1.82, 2.24) is 15.3 Å². The van der Waals surface area contributed by atoms with Crippen LogP contribution in [0.4, 0.5) is 0 Å². The fraction of sp³-hybridized carbons (Fsp3) is 0.500. The fourth-order valence-electron chi connectivity index (χ4n) is 2.39. The van der Waals surface area contributed by atoms with E-state index < -0.39 is 40.1 Å². The van der Waals surface area contributed by atoms with Gasteiger partial charge in [0.1, 0.15) is 5.56 Å². The normalized spacial score (nSPS) is 14.5. The first-order valence-corrected chi connectivity index (χ1v) is 7.81. The molecular formula is C16H27N3O7. The Morgan fingerprint density at radius 1 is 1.00 bits per heavy atom. The van der Waals surface area contributed by atoms with Crippen LogP contribution in [0, 0.1) is 0 Å². The van der Waals surface area contributed by atoms with Crippen molar-refractivity contribution in [3.8, 4) is 28.7 Å². The van der Waals surface area contributed by atoms with Gasteiger partial charge in [-0.2, -0.15) is 0 Å². The molecule has 0 saturated carbocycles. The van der Waals surface area contributed by atoms with Gasteiger partial charge in [-0.3, -0.25) is 0 Å². The van der Waals surface area contributed by atoms with Crippen molar-refractivity contribution in [2.75, 3.05) is 41.3 Å². The number of nitrogens with zero attached hydrogens (tertiary/aromatic N) is 2. The molecular weight excluding hydrogens is 346 g/mol. The smallest absolute Gasteiger partial charge is 0.243 e. The van der Waals surface area contributed by atoms with Crippen molar-refractivity contribution in [3.05, 3.63) is 17.3 Å². The molecule has 0 heterocycles. The Balaban J connectivity index is 3.66. The zero-order valence-electron chi connectivity index (χ0n) is 15.5. The van der Waals surface area contributed by atoms with E-state index in [0.29, 0.717) is 6.54 Å².